The highest BCUT2D eigenvalue weighted by molar-refractivity contribution is 6.36. The number of rotatable bonds is 5. The zero-order valence-corrected chi connectivity index (χ0v) is 11.1. The number of fused-ring (bicyclic) bond motifs is 1. The summed E-state index contributed by atoms with van der Waals surface area (Å²) in [6.07, 6.45) is 2.54. The number of nitrogens with zero attached hydrogens (tertiary/aromatic N) is 1. The molecule has 1 heterocycles. The monoisotopic (exact) mass is 285 g/mol. The van der Waals surface area contributed by atoms with Gasteiger partial charge in [0.1, 0.15) is 0 Å². The number of aryl methyl sites for hydroxylation is 1. The summed E-state index contributed by atoms with van der Waals surface area (Å²) in [6.45, 7) is 1.25. The van der Waals surface area contributed by atoms with E-state index in [-0.39, 0.29) is 5.02 Å². The molecule has 1 N–H and O–H groups in total. The summed E-state index contributed by atoms with van der Waals surface area (Å²) in [5.41, 5.74) is 0.198. The zero-order chi connectivity index (χ0) is 14.0. The van der Waals surface area contributed by atoms with Crippen LogP contribution in [0.3, 0.4) is 0 Å². The summed E-state index contributed by atoms with van der Waals surface area (Å²) >= 11 is 5.87. The molecule has 1 aromatic carbocycles. The molecule has 0 aliphatic carbocycles. The maximum atomic E-state index is 13.8. The molecule has 0 radical (unpaired) electrons. The number of carboxylic acids is 1. The van der Waals surface area contributed by atoms with Crippen LogP contribution in [-0.4, -0.2) is 29.4 Å². The quantitative estimate of drug-likeness (QED) is 0.859. The summed E-state index contributed by atoms with van der Waals surface area (Å²) in [6, 6.07) is 2.99. The van der Waals surface area contributed by atoms with Crippen LogP contribution in [0.25, 0.3) is 10.9 Å². The molecule has 19 heavy (non-hydrogen) atoms. The third-order valence-corrected chi connectivity index (χ3v) is 3.30. The van der Waals surface area contributed by atoms with E-state index in [0.29, 0.717) is 24.1 Å². The van der Waals surface area contributed by atoms with Gasteiger partial charge in [0.25, 0.3) is 0 Å². The van der Waals surface area contributed by atoms with Gasteiger partial charge in [-0.1, -0.05) is 11.6 Å². The van der Waals surface area contributed by atoms with E-state index < -0.39 is 17.3 Å². The van der Waals surface area contributed by atoms with Crippen LogP contribution in [0.15, 0.2) is 18.3 Å². The Hall–Kier alpha value is -1.59. The number of carbonyl (C=O) groups is 1. The third kappa shape index (κ3) is 2.57. The van der Waals surface area contributed by atoms with E-state index >= 15 is 0 Å². The Labute approximate surface area is 114 Å². The lowest BCUT2D eigenvalue weighted by Gasteiger charge is -2.07. The van der Waals surface area contributed by atoms with Crippen LogP contribution in [0.2, 0.25) is 5.02 Å². The van der Waals surface area contributed by atoms with Crippen molar-refractivity contribution in [3.8, 4) is 0 Å². The van der Waals surface area contributed by atoms with Gasteiger partial charge < -0.3 is 14.4 Å². The van der Waals surface area contributed by atoms with Crippen molar-refractivity contribution in [1.29, 1.82) is 0 Å². The number of benzene rings is 1. The second kappa shape index (κ2) is 5.59. The Morgan fingerprint density at radius 1 is 1.58 bits per heavy atom. The largest absolute Gasteiger partial charge is 0.478 e. The fraction of sp³-hybridized carbons (Fsp3) is 0.308. The molecule has 0 amide bonds. The number of hydrogen-bond donors (Lipinski definition) is 1. The van der Waals surface area contributed by atoms with Gasteiger partial charge in [0.15, 0.2) is 5.82 Å². The molecule has 0 saturated carbocycles. The van der Waals surface area contributed by atoms with Crippen molar-refractivity contribution >= 4 is 28.5 Å². The minimum absolute atomic E-state index is 0.152. The van der Waals surface area contributed by atoms with E-state index in [1.54, 1.807) is 19.4 Å². The van der Waals surface area contributed by atoms with Crippen molar-refractivity contribution in [3.05, 3.63) is 34.7 Å². The van der Waals surface area contributed by atoms with Crippen LogP contribution >= 0.6 is 11.6 Å². The third-order valence-electron chi connectivity index (χ3n) is 2.93. The molecule has 2 aromatic rings. The van der Waals surface area contributed by atoms with Gasteiger partial charge in [0.05, 0.1) is 16.1 Å². The lowest BCUT2D eigenvalue weighted by molar-refractivity contribution is 0.0692. The molecule has 0 fully saturated rings. The van der Waals surface area contributed by atoms with Crippen LogP contribution in [0, 0.1) is 5.82 Å². The van der Waals surface area contributed by atoms with Gasteiger partial charge in [0, 0.05) is 31.8 Å². The first kappa shape index (κ1) is 13.8. The van der Waals surface area contributed by atoms with E-state index in [0.717, 1.165) is 6.42 Å². The minimum Gasteiger partial charge on any atom is -0.478 e. The Kier molecular flexibility index (Phi) is 4.07. The Balaban J connectivity index is 2.49. The number of hydrogen-bond acceptors (Lipinski definition) is 2. The standard InChI is InChI=1S/C13H13ClFNO3/c1-19-6-2-4-16-5-3-8-10(16)7-9(13(17)18)12(15)11(8)14/h3,5,7H,2,4,6H2,1H3,(H,17,18). The molecule has 0 aliphatic rings. The van der Waals surface area contributed by atoms with Crippen LogP contribution in [0.5, 0.6) is 0 Å². The van der Waals surface area contributed by atoms with Gasteiger partial charge in [0.2, 0.25) is 0 Å². The smallest absolute Gasteiger partial charge is 0.338 e. The highest BCUT2D eigenvalue weighted by atomic mass is 35.5. The normalized spacial score (nSPS) is 11.1. The maximum absolute atomic E-state index is 13.8. The average molecular weight is 286 g/mol. The van der Waals surface area contributed by atoms with Gasteiger partial charge >= 0.3 is 5.97 Å². The Bertz CT molecular complexity index is 624. The topological polar surface area (TPSA) is 51.5 Å². The lowest BCUT2D eigenvalue weighted by Crippen LogP contribution is -2.04. The highest BCUT2D eigenvalue weighted by Gasteiger charge is 2.18. The van der Waals surface area contributed by atoms with Crippen molar-refractivity contribution in [1.82, 2.24) is 4.57 Å². The summed E-state index contributed by atoms with van der Waals surface area (Å²) in [4.78, 5) is 11.0. The van der Waals surface area contributed by atoms with Crippen molar-refractivity contribution in [3.63, 3.8) is 0 Å². The first-order chi connectivity index (χ1) is 9.06. The molecule has 1 aromatic heterocycles. The molecule has 0 aliphatic heterocycles. The average Bonchev–Trinajstić information content (AvgIpc) is 2.77. The van der Waals surface area contributed by atoms with Crippen molar-refractivity contribution < 1.29 is 19.0 Å². The second-order valence-corrected chi connectivity index (χ2v) is 4.52. The Morgan fingerprint density at radius 2 is 2.32 bits per heavy atom. The predicted molar refractivity (Wildman–Crippen MR) is 70.4 cm³/mol. The summed E-state index contributed by atoms with van der Waals surface area (Å²) in [5.74, 6) is -2.22. The number of aromatic nitrogens is 1. The summed E-state index contributed by atoms with van der Waals surface area (Å²) in [5, 5.41) is 9.33. The van der Waals surface area contributed by atoms with Gasteiger partial charge in [-0.2, -0.15) is 0 Å². The number of methoxy groups -OCH3 is 1. The Morgan fingerprint density at radius 3 is 2.95 bits per heavy atom. The van der Waals surface area contributed by atoms with Gasteiger partial charge in [-0.05, 0) is 18.6 Å². The number of carboxylic acid groups (broad SMARTS) is 1. The van der Waals surface area contributed by atoms with E-state index in [2.05, 4.69) is 0 Å². The van der Waals surface area contributed by atoms with Crippen LogP contribution < -0.4 is 0 Å². The molecule has 0 saturated heterocycles. The second-order valence-electron chi connectivity index (χ2n) is 4.15. The predicted octanol–water partition coefficient (Wildman–Crippen LogP) is 3.17. The molecule has 0 unspecified atom stereocenters. The first-order valence-corrected chi connectivity index (χ1v) is 6.13. The van der Waals surface area contributed by atoms with Crippen molar-refractivity contribution in [2.75, 3.05) is 13.7 Å². The molecule has 6 heteroatoms. The molecular weight excluding hydrogens is 273 g/mol. The van der Waals surface area contributed by atoms with Crippen molar-refractivity contribution in [2.24, 2.45) is 0 Å². The number of aromatic carboxylic acids is 1. The minimum atomic E-state index is -1.33. The molecule has 4 nitrogen and oxygen atoms in total. The summed E-state index contributed by atoms with van der Waals surface area (Å²) in [7, 11) is 1.61. The van der Waals surface area contributed by atoms with Crippen LogP contribution in [0.4, 0.5) is 4.39 Å². The van der Waals surface area contributed by atoms with Gasteiger partial charge in [-0.3, -0.25) is 0 Å². The number of ether oxygens (including phenoxy) is 1. The summed E-state index contributed by atoms with van der Waals surface area (Å²) < 4.78 is 20.6. The fourth-order valence-corrected chi connectivity index (χ4v) is 2.26. The fourth-order valence-electron chi connectivity index (χ4n) is 2.00. The van der Waals surface area contributed by atoms with Crippen LogP contribution in [0.1, 0.15) is 16.8 Å². The van der Waals surface area contributed by atoms with Crippen LogP contribution in [-0.2, 0) is 11.3 Å². The molecule has 0 bridgehead atoms. The molecule has 0 spiro atoms. The zero-order valence-electron chi connectivity index (χ0n) is 10.3. The maximum Gasteiger partial charge on any atom is 0.338 e. The lowest BCUT2D eigenvalue weighted by atomic mass is 10.1. The molecule has 0 atom stereocenters. The highest BCUT2D eigenvalue weighted by Crippen LogP contribution is 2.30. The molecular formula is C13H13ClFNO3. The van der Waals surface area contributed by atoms with E-state index in [1.807, 2.05) is 4.57 Å². The van der Waals surface area contributed by atoms with Crippen molar-refractivity contribution in [2.45, 2.75) is 13.0 Å². The molecule has 102 valence electrons. The SMILES string of the molecule is COCCCn1ccc2c(Cl)c(F)c(C(=O)O)cc21. The van der Waals surface area contributed by atoms with E-state index in [4.69, 9.17) is 21.4 Å². The van der Waals surface area contributed by atoms with Gasteiger partial charge in [-0.15, -0.1) is 0 Å². The number of halogens is 2. The van der Waals surface area contributed by atoms with Gasteiger partial charge in [-0.25, -0.2) is 9.18 Å². The van der Waals surface area contributed by atoms with E-state index in [1.165, 1.54) is 6.07 Å². The first-order valence-electron chi connectivity index (χ1n) is 5.75. The molecule has 2 rings (SSSR count). The van der Waals surface area contributed by atoms with E-state index in [9.17, 15) is 9.18 Å².